The van der Waals surface area contributed by atoms with Gasteiger partial charge in [-0.05, 0) is 18.2 Å². The second kappa shape index (κ2) is 5.61. The van der Waals surface area contributed by atoms with Crippen LogP contribution in [-0.4, -0.2) is 53.3 Å². The molecule has 1 saturated heterocycles. The van der Waals surface area contributed by atoms with Crippen molar-refractivity contribution in [3.63, 3.8) is 0 Å². The summed E-state index contributed by atoms with van der Waals surface area (Å²) in [6.07, 6.45) is -0.0260. The number of sulfonamides is 1. The first-order valence-electron chi connectivity index (χ1n) is 5.99. The van der Waals surface area contributed by atoms with Crippen LogP contribution in [0, 0.1) is 5.82 Å². The lowest BCUT2D eigenvalue weighted by Crippen LogP contribution is -2.53. The van der Waals surface area contributed by atoms with Gasteiger partial charge in [-0.25, -0.2) is 21.2 Å². The highest BCUT2D eigenvalue weighted by atomic mass is 32.2. The normalized spacial score (nSPS) is 21.4. The number of sulfone groups is 1. The minimum Gasteiger partial charge on any atom is -0.377 e. The summed E-state index contributed by atoms with van der Waals surface area (Å²) >= 11 is 0. The van der Waals surface area contributed by atoms with Gasteiger partial charge >= 0.3 is 0 Å². The van der Waals surface area contributed by atoms with Crippen LogP contribution in [0.1, 0.15) is 0 Å². The third-order valence-electron chi connectivity index (χ3n) is 3.03. The SMILES string of the molecule is CS(=O)(=O)c1ccc(F)c(S(=O)(=O)N2CCOCC2N)c1. The fourth-order valence-electron chi connectivity index (χ4n) is 1.94. The molecule has 10 heteroatoms. The van der Waals surface area contributed by atoms with E-state index in [2.05, 4.69) is 0 Å². The van der Waals surface area contributed by atoms with Gasteiger partial charge in [-0.2, -0.15) is 4.31 Å². The summed E-state index contributed by atoms with van der Waals surface area (Å²) in [6.45, 7) is 0.110. The maximum atomic E-state index is 13.9. The summed E-state index contributed by atoms with van der Waals surface area (Å²) in [4.78, 5) is -0.980. The molecule has 7 nitrogen and oxygen atoms in total. The fraction of sp³-hybridized carbons (Fsp3) is 0.455. The first-order valence-corrected chi connectivity index (χ1v) is 9.32. The predicted molar refractivity (Wildman–Crippen MR) is 72.2 cm³/mol. The lowest BCUT2D eigenvalue weighted by atomic mass is 10.3. The van der Waals surface area contributed by atoms with Gasteiger partial charge in [0.1, 0.15) is 10.7 Å². The molecule has 0 bridgehead atoms. The van der Waals surface area contributed by atoms with Gasteiger partial charge in [-0.3, -0.25) is 0 Å². The Labute approximate surface area is 122 Å². The van der Waals surface area contributed by atoms with E-state index in [0.29, 0.717) is 0 Å². The Morgan fingerprint density at radius 3 is 2.57 bits per heavy atom. The quantitative estimate of drug-likeness (QED) is 0.747. The molecule has 1 fully saturated rings. The first kappa shape index (κ1) is 16.3. The second-order valence-electron chi connectivity index (χ2n) is 4.62. The number of rotatable bonds is 3. The van der Waals surface area contributed by atoms with Crippen molar-refractivity contribution in [2.24, 2.45) is 5.73 Å². The van der Waals surface area contributed by atoms with Crippen LogP contribution in [0.4, 0.5) is 4.39 Å². The average Bonchev–Trinajstić information content (AvgIpc) is 2.37. The molecule has 1 aromatic carbocycles. The van der Waals surface area contributed by atoms with E-state index >= 15 is 0 Å². The van der Waals surface area contributed by atoms with E-state index in [0.717, 1.165) is 28.8 Å². The summed E-state index contributed by atoms with van der Waals surface area (Å²) < 4.78 is 67.7. The number of hydrogen-bond acceptors (Lipinski definition) is 6. The molecule has 0 aromatic heterocycles. The molecular weight excluding hydrogens is 323 g/mol. The molecule has 0 saturated carbocycles. The number of hydrogen-bond donors (Lipinski definition) is 1. The van der Waals surface area contributed by atoms with Crippen LogP contribution in [0.2, 0.25) is 0 Å². The van der Waals surface area contributed by atoms with Crippen molar-refractivity contribution in [3.8, 4) is 0 Å². The van der Waals surface area contributed by atoms with Gasteiger partial charge in [0, 0.05) is 12.8 Å². The third-order valence-corrected chi connectivity index (χ3v) is 6.08. The highest BCUT2D eigenvalue weighted by Crippen LogP contribution is 2.24. The average molecular weight is 338 g/mol. The van der Waals surface area contributed by atoms with Crippen LogP contribution >= 0.6 is 0 Å². The van der Waals surface area contributed by atoms with Gasteiger partial charge in [0.15, 0.2) is 9.84 Å². The molecule has 1 unspecified atom stereocenters. The van der Waals surface area contributed by atoms with Crippen molar-refractivity contribution in [2.75, 3.05) is 26.0 Å². The molecule has 118 valence electrons. The molecule has 1 aliphatic rings. The molecule has 21 heavy (non-hydrogen) atoms. The number of morpholine rings is 1. The Morgan fingerprint density at radius 1 is 1.33 bits per heavy atom. The fourth-order valence-corrected chi connectivity index (χ4v) is 4.24. The van der Waals surface area contributed by atoms with Crippen molar-refractivity contribution in [2.45, 2.75) is 16.0 Å². The van der Waals surface area contributed by atoms with Gasteiger partial charge in [-0.15, -0.1) is 0 Å². The number of ether oxygens (including phenoxy) is 1. The standard InChI is InChI=1S/C11H15FN2O5S2/c1-20(15,16)8-2-3-9(12)10(6-8)21(17,18)14-4-5-19-7-11(14)13/h2-3,6,11H,4-5,7,13H2,1H3. The lowest BCUT2D eigenvalue weighted by Gasteiger charge is -2.31. The van der Waals surface area contributed by atoms with Crippen LogP contribution in [0.5, 0.6) is 0 Å². The van der Waals surface area contributed by atoms with Gasteiger partial charge in [0.2, 0.25) is 10.0 Å². The van der Waals surface area contributed by atoms with Crippen LogP contribution in [0.25, 0.3) is 0 Å². The summed E-state index contributed by atoms with van der Waals surface area (Å²) in [5.74, 6) is -1.03. The predicted octanol–water partition coefficient (Wildman–Crippen LogP) is -0.465. The van der Waals surface area contributed by atoms with E-state index in [-0.39, 0.29) is 24.7 Å². The molecule has 1 atom stereocenters. The smallest absolute Gasteiger partial charge is 0.247 e. The Hall–Kier alpha value is -1.07. The molecule has 2 rings (SSSR count). The first-order chi connectivity index (χ1) is 9.64. The van der Waals surface area contributed by atoms with Crippen molar-refractivity contribution in [1.29, 1.82) is 0 Å². The van der Waals surface area contributed by atoms with Crippen LogP contribution in [-0.2, 0) is 24.6 Å². The van der Waals surface area contributed by atoms with Crippen molar-refractivity contribution >= 4 is 19.9 Å². The van der Waals surface area contributed by atoms with Crippen molar-refractivity contribution < 1.29 is 26.0 Å². The number of nitrogens with zero attached hydrogens (tertiary/aromatic N) is 1. The maximum Gasteiger partial charge on any atom is 0.247 e. The molecule has 0 amide bonds. The molecule has 2 N–H and O–H groups in total. The largest absolute Gasteiger partial charge is 0.377 e. The Balaban J connectivity index is 2.54. The molecule has 1 heterocycles. The van der Waals surface area contributed by atoms with Gasteiger partial charge in [0.05, 0.1) is 24.3 Å². The zero-order valence-corrected chi connectivity index (χ0v) is 12.8. The van der Waals surface area contributed by atoms with E-state index in [4.69, 9.17) is 10.5 Å². The summed E-state index contributed by atoms with van der Waals surface area (Å²) in [7, 11) is -7.89. The zero-order chi connectivity index (χ0) is 15.8. The van der Waals surface area contributed by atoms with E-state index in [1.54, 1.807) is 0 Å². The summed E-state index contributed by atoms with van der Waals surface area (Å²) in [6, 6.07) is 2.64. The van der Waals surface area contributed by atoms with E-state index in [1.165, 1.54) is 0 Å². The molecule has 0 aliphatic carbocycles. The minimum atomic E-state index is -4.24. The molecule has 0 radical (unpaired) electrons. The van der Waals surface area contributed by atoms with Crippen molar-refractivity contribution in [3.05, 3.63) is 24.0 Å². The van der Waals surface area contributed by atoms with E-state index in [1.807, 2.05) is 0 Å². The number of benzene rings is 1. The lowest BCUT2D eigenvalue weighted by molar-refractivity contribution is 0.0349. The molecule has 0 spiro atoms. The summed E-state index contributed by atoms with van der Waals surface area (Å²) in [5.41, 5.74) is 5.66. The van der Waals surface area contributed by atoms with Crippen molar-refractivity contribution in [1.82, 2.24) is 4.31 Å². The van der Waals surface area contributed by atoms with Gasteiger partial charge in [-0.1, -0.05) is 0 Å². The highest BCUT2D eigenvalue weighted by molar-refractivity contribution is 7.91. The molecule has 1 aliphatic heterocycles. The Kier molecular flexibility index (Phi) is 4.36. The van der Waals surface area contributed by atoms with Crippen LogP contribution in [0.15, 0.2) is 28.0 Å². The van der Waals surface area contributed by atoms with E-state index in [9.17, 15) is 21.2 Å². The number of nitrogens with two attached hydrogens (primary N) is 1. The van der Waals surface area contributed by atoms with Gasteiger partial charge < -0.3 is 10.5 Å². The van der Waals surface area contributed by atoms with Crippen LogP contribution < -0.4 is 5.73 Å². The monoisotopic (exact) mass is 338 g/mol. The van der Waals surface area contributed by atoms with E-state index < -0.39 is 36.7 Å². The Morgan fingerprint density at radius 2 is 2.00 bits per heavy atom. The van der Waals surface area contributed by atoms with Crippen LogP contribution in [0.3, 0.4) is 0 Å². The highest BCUT2D eigenvalue weighted by Gasteiger charge is 2.34. The molecular formula is C11H15FN2O5S2. The maximum absolute atomic E-state index is 13.9. The summed E-state index contributed by atoms with van der Waals surface area (Å²) in [5, 5.41) is 0. The Bertz CT molecular complexity index is 748. The minimum absolute atomic E-state index is 0.00733. The third kappa shape index (κ3) is 3.24. The zero-order valence-electron chi connectivity index (χ0n) is 11.2. The number of halogens is 1. The topological polar surface area (TPSA) is 107 Å². The second-order valence-corrected chi connectivity index (χ2v) is 8.50. The molecule has 1 aromatic rings. The van der Waals surface area contributed by atoms with Gasteiger partial charge in [0.25, 0.3) is 0 Å².